The zero-order valence-corrected chi connectivity index (χ0v) is 30.6. The van der Waals surface area contributed by atoms with Gasteiger partial charge in [0.15, 0.2) is 5.82 Å². The molecule has 1 amide bonds. The summed E-state index contributed by atoms with van der Waals surface area (Å²) in [5.41, 5.74) is 2.79. The Morgan fingerprint density at radius 1 is 1.14 bits per heavy atom. The molecule has 7 rings (SSSR count). The number of benzene rings is 2. The van der Waals surface area contributed by atoms with Crippen LogP contribution in [-0.2, 0) is 4.79 Å². The van der Waals surface area contributed by atoms with Crippen molar-refractivity contribution in [3.63, 3.8) is 0 Å². The molecule has 2 fully saturated rings. The number of amides is 1. The maximum absolute atomic E-state index is 17.2. The normalized spacial score (nSPS) is 20.1. The second-order valence-electron chi connectivity index (χ2n) is 13.9. The van der Waals surface area contributed by atoms with Crippen LogP contribution in [0, 0.1) is 24.1 Å². The lowest BCUT2D eigenvalue weighted by atomic mass is 9.94. The van der Waals surface area contributed by atoms with E-state index in [0.29, 0.717) is 81.8 Å². The van der Waals surface area contributed by atoms with Crippen molar-refractivity contribution in [1.29, 1.82) is 5.26 Å². The minimum Gasteiger partial charge on any atom is -0.475 e. The van der Waals surface area contributed by atoms with Gasteiger partial charge in [0.2, 0.25) is 11.8 Å². The van der Waals surface area contributed by atoms with Crippen molar-refractivity contribution < 1.29 is 13.9 Å². The maximum Gasteiger partial charge on any atom is 0.246 e. The summed E-state index contributed by atoms with van der Waals surface area (Å²) < 4.78 is 25.5. The Morgan fingerprint density at radius 2 is 1.96 bits per heavy atom. The quantitative estimate of drug-likeness (QED) is 0.162. The van der Waals surface area contributed by atoms with Crippen LogP contribution in [0.3, 0.4) is 0 Å². The molecule has 14 heteroatoms. The molecule has 0 spiro atoms. The Hall–Kier alpha value is -4.28. The molecule has 2 aliphatic rings. The fourth-order valence-electron chi connectivity index (χ4n) is 7.61. The molecule has 3 aromatic heterocycles. The topological polar surface area (TPSA) is 119 Å². The van der Waals surface area contributed by atoms with E-state index in [1.54, 1.807) is 35.5 Å². The minimum atomic E-state index is -0.602. The number of hydrogen-bond donors (Lipinski definition) is 1. The highest BCUT2D eigenvalue weighted by atomic mass is 35.5. The van der Waals surface area contributed by atoms with Gasteiger partial charge in [-0.05, 0) is 78.0 Å². The summed E-state index contributed by atoms with van der Waals surface area (Å²) in [6, 6.07) is 5.48. The molecule has 2 aliphatic heterocycles. The number of ether oxygens (including phenoxy) is 1. The highest BCUT2D eigenvalue weighted by molar-refractivity contribution is 6.36. The third kappa shape index (κ3) is 6.53. The number of nitrogens with zero attached hydrogens (tertiary/aromatic N) is 8. The highest BCUT2D eigenvalue weighted by Crippen LogP contribution is 2.45. The van der Waals surface area contributed by atoms with Gasteiger partial charge in [0.05, 0.1) is 52.4 Å². The van der Waals surface area contributed by atoms with Gasteiger partial charge < -0.3 is 19.4 Å². The lowest BCUT2D eigenvalue weighted by molar-refractivity contribution is -0.130. The molecule has 5 heterocycles. The van der Waals surface area contributed by atoms with Gasteiger partial charge in [0, 0.05) is 58.2 Å². The summed E-state index contributed by atoms with van der Waals surface area (Å²) >= 11 is 13.6. The number of carbonyl (C=O) groups is 1. The number of aromatic amines is 1. The zero-order valence-electron chi connectivity index (χ0n) is 29.1. The Bertz CT molecular complexity index is 2210. The van der Waals surface area contributed by atoms with E-state index in [1.165, 1.54) is 0 Å². The largest absolute Gasteiger partial charge is 0.475 e. The van der Waals surface area contributed by atoms with Crippen LogP contribution in [0.1, 0.15) is 43.7 Å². The van der Waals surface area contributed by atoms with Gasteiger partial charge in [-0.3, -0.25) is 14.6 Å². The van der Waals surface area contributed by atoms with Crippen molar-refractivity contribution in [2.24, 2.45) is 0 Å². The lowest BCUT2D eigenvalue weighted by Gasteiger charge is -2.38. The number of carbonyl (C=O) groups excluding carboxylic acids is 1. The molecule has 1 unspecified atom stereocenters. The Morgan fingerprint density at radius 3 is 2.71 bits per heavy atom. The van der Waals surface area contributed by atoms with Gasteiger partial charge in [-0.15, -0.1) is 0 Å². The first-order valence-electron chi connectivity index (χ1n) is 17.2. The highest BCUT2D eigenvalue weighted by Gasteiger charge is 2.34. The number of likely N-dealkylation sites (tertiary alicyclic amines) is 2. The van der Waals surface area contributed by atoms with Crippen LogP contribution in [0.4, 0.5) is 4.39 Å². The van der Waals surface area contributed by atoms with Crippen LogP contribution in [0.25, 0.3) is 43.8 Å². The van der Waals surface area contributed by atoms with E-state index in [0.717, 1.165) is 19.4 Å². The number of halogens is 3. The molecule has 1 N–H and O–H groups in total. The van der Waals surface area contributed by atoms with Crippen LogP contribution in [0.5, 0.6) is 5.88 Å². The first kappa shape index (κ1) is 35.1. The van der Waals surface area contributed by atoms with Crippen molar-refractivity contribution in [3.8, 4) is 23.1 Å². The smallest absolute Gasteiger partial charge is 0.246 e. The molecular formula is C37H40Cl2FN9O2. The molecule has 2 aromatic carbocycles. The summed E-state index contributed by atoms with van der Waals surface area (Å²) in [4.78, 5) is 24.1. The van der Waals surface area contributed by atoms with E-state index in [9.17, 15) is 10.1 Å². The molecule has 0 bridgehead atoms. The van der Waals surface area contributed by atoms with Crippen LogP contribution in [0.2, 0.25) is 10.0 Å². The fraction of sp³-hybridized carbons (Fsp3) is 0.432. The predicted molar refractivity (Wildman–Crippen MR) is 198 cm³/mol. The Balaban J connectivity index is 1.35. The van der Waals surface area contributed by atoms with Crippen molar-refractivity contribution in [3.05, 3.63) is 58.1 Å². The Kier molecular flexibility index (Phi) is 9.91. The van der Waals surface area contributed by atoms with Crippen molar-refractivity contribution in [1.82, 2.24) is 39.7 Å². The van der Waals surface area contributed by atoms with Crippen LogP contribution >= 0.6 is 23.2 Å². The van der Waals surface area contributed by atoms with Crippen molar-refractivity contribution in [2.45, 2.75) is 57.2 Å². The van der Waals surface area contributed by atoms with E-state index >= 15 is 4.39 Å². The molecule has 5 aromatic rings. The van der Waals surface area contributed by atoms with Gasteiger partial charge in [-0.25, -0.2) is 9.37 Å². The molecular weight excluding hydrogens is 692 g/mol. The molecule has 2 saturated heterocycles. The number of nitrogens with one attached hydrogen (secondary N) is 1. The standard InChI is InChI=1S/C37H40Cl2FN9O2/c1-21-28(38)17-30-26(18-42-45-30)32(21)33-29(39)16-25-35(34(33)40)44-37(51-20-24-7-5-13-47(24)4)27-19-43-49(36(25)27)23-10-14-48(22(15-23)9-11-41)31(50)8-6-12-46(2)3/h6,8,16-19,22-24H,5,7,9-10,12-15,20H2,1-4H3,(H,42,45)/b8-6+/t22-,23+,24?/m1/s1. The van der Waals surface area contributed by atoms with Crippen LogP contribution < -0.4 is 4.74 Å². The number of aromatic nitrogens is 5. The van der Waals surface area contributed by atoms with E-state index in [1.807, 2.05) is 36.7 Å². The fourth-order valence-corrected chi connectivity index (χ4v) is 8.10. The number of likely N-dealkylation sites (N-methyl/N-ethyl adjacent to an activating group) is 2. The number of nitriles is 1. The molecule has 0 radical (unpaired) electrons. The second kappa shape index (κ2) is 14.4. The molecule has 0 aliphatic carbocycles. The number of pyridine rings is 1. The van der Waals surface area contributed by atoms with Gasteiger partial charge in [0.25, 0.3) is 0 Å². The van der Waals surface area contributed by atoms with Gasteiger partial charge in [-0.2, -0.15) is 15.5 Å². The molecule has 3 atom stereocenters. The maximum atomic E-state index is 17.2. The lowest BCUT2D eigenvalue weighted by Crippen LogP contribution is -2.46. The average Bonchev–Trinajstić information content (AvgIpc) is 3.86. The second-order valence-corrected chi connectivity index (χ2v) is 14.7. The SMILES string of the molecule is Cc1c(Cl)cc2[nH]ncc2c1-c1c(Cl)cc2c(nc(OCC3CCCN3C)c3cnn([C@H]4CCN(C(=O)/C=C/CN(C)C)[C@H](CC#N)C4)c32)c1F. The van der Waals surface area contributed by atoms with E-state index < -0.39 is 5.82 Å². The van der Waals surface area contributed by atoms with Gasteiger partial charge in [0.1, 0.15) is 12.1 Å². The summed E-state index contributed by atoms with van der Waals surface area (Å²) in [5, 5.41) is 24.1. The third-order valence-corrected chi connectivity index (χ3v) is 11.0. The summed E-state index contributed by atoms with van der Waals surface area (Å²) in [7, 11) is 5.95. The summed E-state index contributed by atoms with van der Waals surface area (Å²) in [6.45, 7) is 4.29. The molecule has 11 nitrogen and oxygen atoms in total. The zero-order chi connectivity index (χ0) is 36.0. The van der Waals surface area contributed by atoms with Crippen LogP contribution in [0.15, 0.2) is 36.7 Å². The minimum absolute atomic E-state index is 0.0988. The molecule has 51 heavy (non-hydrogen) atoms. The van der Waals surface area contributed by atoms with Gasteiger partial charge in [-0.1, -0.05) is 29.3 Å². The average molecular weight is 733 g/mol. The monoisotopic (exact) mass is 731 g/mol. The van der Waals surface area contributed by atoms with Crippen molar-refractivity contribution in [2.75, 3.05) is 47.4 Å². The number of rotatable bonds is 9. The first-order chi connectivity index (χ1) is 24.6. The number of piperidine rings is 1. The number of H-pyrrole nitrogens is 1. The number of fused-ring (bicyclic) bond motifs is 4. The Labute approximate surface area is 305 Å². The summed E-state index contributed by atoms with van der Waals surface area (Å²) in [5.74, 6) is -0.428. The molecule has 0 saturated carbocycles. The van der Waals surface area contributed by atoms with E-state index in [2.05, 4.69) is 28.2 Å². The van der Waals surface area contributed by atoms with Gasteiger partial charge >= 0.3 is 0 Å². The number of hydrogen-bond acceptors (Lipinski definition) is 8. The van der Waals surface area contributed by atoms with Crippen molar-refractivity contribution >= 4 is 61.8 Å². The van der Waals surface area contributed by atoms with E-state index in [-0.39, 0.29) is 46.6 Å². The van der Waals surface area contributed by atoms with Crippen LogP contribution in [-0.4, -0.2) is 105 Å². The third-order valence-electron chi connectivity index (χ3n) is 10.3. The summed E-state index contributed by atoms with van der Waals surface area (Å²) in [6.07, 6.45) is 10.1. The van der Waals surface area contributed by atoms with E-state index in [4.69, 9.17) is 38.0 Å². The molecule has 266 valence electrons. The first-order valence-corrected chi connectivity index (χ1v) is 18.0. The predicted octanol–water partition coefficient (Wildman–Crippen LogP) is 6.92.